The molecule has 0 saturated carbocycles. The third-order valence-electron chi connectivity index (χ3n) is 3.90. The average Bonchev–Trinajstić information content (AvgIpc) is 2.74. The van der Waals surface area contributed by atoms with Crippen LogP contribution in [0.4, 0.5) is 5.00 Å². The molecule has 1 aromatic rings. The summed E-state index contributed by atoms with van der Waals surface area (Å²) in [6, 6.07) is 0. The lowest BCUT2D eigenvalue weighted by Crippen LogP contribution is -2.06. The van der Waals surface area contributed by atoms with Gasteiger partial charge in [-0.3, -0.25) is 0 Å². The highest BCUT2D eigenvalue weighted by atomic mass is 32.1. The molecule has 1 unspecified atom stereocenters. The van der Waals surface area contributed by atoms with Crippen molar-refractivity contribution in [2.75, 3.05) is 5.32 Å². The van der Waals surface area contributed by atoms with Gasteiger partial charge in [-0.05, 0) is 43.6 Å². The van der Waals surface area contributed by atoms with Crippen LogP contribution < -0.4 is 5.32 Å². The Morgan fingerprint density at radius 2 is 2.17 bits per heavy atom. The van der Waals surface area contributed by atoms with Crippen LogP contribution in [-0.2, 0) is 12.8 Å². The van der Waals surface area contributed by atoms with Crippen molar-refractivity contribution in [1.29, 1.82) is 0 Å². The van der Waals surface area contributed by atoms with Crippen molar-refractivity contribution < 1.29 is 0 Å². The highest BCUT2D eigenvalue weighted by Crippen LogP contribution is 2.39. The summed E-state index contributed by atoms with van der Waals surface area (Å²) in [6.45, 7) is 12.6. The first-order valence-electron chi connectivity index (χ1n) is 6.90. The number of hydrogen-bond acceptors (Lipinski definition) is 2. The van der Waals surface area contributed by atoms with Gasteiger partial charge < -0.3 is 5.32 Å². The maximum atomic E-state index is 4.16. The molecule has 0 radical (unpaired) electrons. The van der Waals surface area contributed by atoms with Crippen molar-refractivity contribution >= 4 is 22.4 Å². The van der Waals surface area contributed by atoms with Gasteiger partial charge in [0.15, 0.2) is 0 Å². The molecule has 1 aliphatic rings. The van der Waals surface area contributed by atoms with Gasteiger partial charge in [0.2, 0.25) is 0 Å². The number of hydrogen-bond donors (Lipinski definition) is 1. The monoisotopic (exact) mass is 261 g/mol. The summed E-state index contributed by atoms with van der Waals surface area (Å²) in [4.78, 5) is 1.55. The summed E-state index contributed by atoms with van der Waals surface area (Å²) >= 11 is 1.90. The van der Waals surface area contributed by atoms with Crippen LogP contribution in [0.15, 0.2) is 18.9 Å². The van der Waals surface area contributed by atoms with E-state index in [2.05, 4.69) is 32.3 Å². The van der Waals surface area contributed by atoms with Crippen LogP contribution in [0.5, 0.6) is 0 Å². The van der Waals surface area contributed by atoms with Crippen molar-refractivity contribution in [3.63, 3.8) is 0 Å². The van der Waals surface area contributed by atoms with Crippen LogP contribution in [0, 0.1) is 5.92 Å². The summed E-state index contributed by atoms with van der Waals surface area (Å²) < 4.78 is 0. The predicted octanol–water partition coefficient (Wildman–Crippen LogP) is 5.24. The second-order valence-electron chi connectivity index (χ2n) is 5.12. The van der Waals surface area contributed by atoms with E-state index in [4.69, 9.17) is 0 Å². The maximum Gasteiger partial charge on any atom is 0.100 e. The fourth-order valence-electron chi connectivity index (χ4n) is 2.41. The summed E-state index contributed by atoms with van der Waals surface area (Å²) in [6.07, 6.45) is 8.22. The maximum absolute atomic E-state index is 4.16. The number of fused-ring (bicyclic) bond motifs is 1. The molecular formula is C16H23NS. The van der Waals surface area contributed by atoms with Crippen LogP contribution in [0.3, 0.4) is 0 Å². The Kier molecular flexibility index (Phi) is 4.28. The molecule has 0 bridgehead atoms. The third-order valence-corrected chi connectivity index (χ3v) is 5.12. The molecule has 1 aliphatic carbocycles. The highest BCUT2D eigenvalue weighted by Gasteiger charge is 2.19. The molecule has 0 spiro atoms. The molecule has 0 fully saturated rings. The van der Waals surface area contributed by atoms with Crippen LogP contribution in [-0.4, -0.2) is 0 Å². The van der Waals surface area contributed by atoms with Crippen LogP contribution >= 0.6 is 11.3 Å². The summed E-state index contributed by atoms with van der Waals surface area (Å²) in [7, 11) is 0. The first-order valence-corrected chi connectivity index (χ1v) is 7.71. The number of allylic oxidation sites excluding steroid dienone is 1. The second kappa shape index (κ2) is 5.75. The van der Waals surface area contributed by atoms with Gasteiger partial charge in [-0.1, -0.05) is 33.1 Å². The van der Waals surface area contributed by atoms with Crippen molar-refractivity contribution in [1.82, 2.24) is 0 Å². The molecule has 1 heterocycles. The molecule has 2 heteroatoms. The van der Waals surface area contributed by atoms with E-state index in [-0.39, 0.29) is 0 Å². The second-order valence-corrected chi connectivity index (χ2v) is 6.22. The molecule has 0 saturated heterocycles. The Labute approximate surface area is 115 Å². The van der Waals surface area contributed by atoms with Gasteiger partial charge in [0.25, 0.3) is 0 Å². The number of thiophene rings is 1. The van der Waals surface area contributed by atoms with Crippen molar-refractivity contribution in [3.05, 3.63) is 34.9 Å². The minimum Gasteiger partial charge on any atom is -0.351 e. The molecule has 18 heavy (non-hydrogen) atoms. The largest absolute Gasteiger partial charge is 0.351 e. The zero-order valence-electron chi connectivity index (χ0n) is 11.5. The zero-order valence-corrected chi connectivity index (χ0v) is 12.3. The summed E-state index contributed by atoms with van der Waals surface area (Å²) in [5.41, 5.74) is 3.97. The van der Waals surface area contributed by atoms with Gasteiger partial charge in [-0.2, -0.15) is 0 Å². The van der Waals surface area contributed by atoms with Crippen molar-refractivity contribution in [3.8, 4) is 0 Å². The standard InChI is InChI=1S/C16H23NS/c1-5-11(3)12(4)17-16-13(6-2)14-9-7-8-10-15(14)18-16/h6,11,17H,2,4-5,7-10H2,1,3H3. The molecule has 1 nitrogen and oxygen atoms in total. The number of anilines is 1. The van der Waals surface area contributed by atoms with E-state index in [1.54, 1.807) is 4.88 Å². The molecule has 0 aromatic carbocycles. The molecule has 0 amide bonds. The third kappa shape index (κ3) is 2.54. The van der Waals surface area contributed by atoms with E-state index in [1.807, 2.05) is 17.4 Å². The van der Waals surface area contributed by atoms with Crippen molar-refractivity contribution in [2.45, 2.75) is 46.0 Å². The lowest BCUT2D eigenvalue weighted by atomic mass is 9.95. The van der Waals surface area contributed by atoms with Crippen LogP contribution in [0.25, 0.3) is 6.08 Å². The number of nitrogens with one attached hydrogen (secondary N) is 1. The lowest BCUT2D eigenvalue weighted by Gasteiger charge is -2.15. The van der Waals surface area contributed by atoms with Crippen LogP contribution in [0.1, 0.15) is 49.1 Å². The molecule has 0 aliphatic heterocycles. The van der Waals surface area contributed by atoms with E-state index in [0.717, 1.165) is 12.1 Å². The minimum absolute atomic E-state index is 0.516. The summed E-state index contributed by atoms with van der Waals surface area (Å²) in [5, 5.41) is 4.77. The molecule has 98 valence electrons. The van der Waals surface area contributed by atoms with E-state index >= 15 is 0 Å². The van der Waals surface area contributed by atoms with Gasteiger partial charge >= 0.3 is 0 Å². The Morgan fingerprint density at radius 1 is 1.44 bits per heavy atom. The Balaban J connectivity index is 2.25. The van der Waals surface area contributed by atoms with Gasteiger partial charge in [0.05, 0.1) is 0 Å². The Morgan fingerprint density at radius 3 is 2.83 bits per heavy atom. The fraction of sp³-hybridized carbons (Fsp3) is 0.500. The quantitative estimate of drug-likeness (QED) is 0.764. The van der Waals surface area contributed by atoms with E-state index in [1.165, 1.54) is 41.8 Å². The highest BCUT2D eigenvalue weighted by molar-refractivity contribution is 7.16. The SMILES string of the molecule is C=Cc1c(NC(=C)C(C)CC)sc2c1CCCC2. The van der Waals surface area contributed by atoms with Gasteiger partial charge in [0, 0.05) is 16.1 Å². The molecule has 2 rings (SSSR count). The zero-order chi connectivity index (χ0) is 13.1. The first-order chi connectivity index (χ1) is 8.67. The van der Waals surface area contributed by atoms with E-state index in [0.29, 0.717) is 5.92 Å². The average molecular weight is 261 g/mol. The van der Waals surface area contributed by atoms with Gasteiger partial charge in [-0.15, -0.1) is 11.3 Å². The van der Waals surface area contributed by atoms with E-state index < -0.39 is 0 Å². The van der Waals surface area contributed by atoms with Crippen LogP contribution in [0.2, 0.25) is 0 Å². The predicted molar refractivity (Wildman–Crippen MR) is 83.3 cm³/mol. The topological polar surface area (TPSA) is 12.0 Å². The van der Waals surface area contributed by atoms with Crippen molar-refractivity contribution in [2.24, 2.45) is 5.92 Å². The normalized spacial score (nSPS) is 15.9. The Hall–Kier alpha value is -1.02. The number of rotatable bonds is 5. The summed E-state index contributed by atoms with van der Waals surface area (Å²) in [5.74, 6) is 0.516. The smallest absolute Gasteiger partial charge is 0.100 e. The molecule has 1 aromatic heterocycles. The number of aryl methyl sites for hydroxylation is 1. The van der Waals surface area contributed by atoms with Gasteiger partial charge in [-0.25, -0.2) is 0 Å². The first kappa shape index (κ1) is 13.4. The molecular weight excluding hydrogens is 238 g/mol. The van der Waals surface area contributed by atoms with Gasteiger partial charge in [0.1, 0.15) is 5.00 Å². The molecule has 1 N–H and O–H groups in total. The fourth-order valence-corrected chi connectivity index (χ4v) is 3.74. The minimum atomic E-state index is 0.516. The molecule has 1 atom stereocenters. The lowest BCUT2D eigenvalue weighted by molar-refractivity contribution is 0.662. The van der Waals surface area contributed by atoms with E-state index in [9.17, 15) is 0 Å². The Bertz CT molecular complexity index is 456.